The molecule has 0 aliphatic carbocycles. The monoisotopic (exact) mass is 360 g/mol. The number of hydrogen-bond acceptors (Lipinski definition) is 4. The molecular formula is C20H32N4O2. The molecule has 3 rings (SSSR count). The van der Waals surface area contributed by atoms with Crippen LogP contribution >= 0.6 is 0 Å². The van der Waals surface area contributed by atoms with Gasteiger partial charge in [-0.05, 0) is 43.7 Å². The van der Waals surface area contributed by atoms with Crippen LogP contribution in [0.3, 0.4) is 0 Å². The number of urea groups is 1. The maximum absolute atomic E-state index is 12.6. The lowest BCUT2D eigenvalue weighted by molar-refractivity contribution is -0.0329. The third kappa shape index (κ3) is 4.67. The zero-order chi connectivity index (χ0) is 18.4. The first-order valence-electron chi connectivity index (χ1n) is 10.1. The zero-order valence-electron chi connectivity index (χ0n) is 16.0. The van der Waals surface area contributed by atoms with E-state index in [-0.39, 0.29) is 18.2 Å². The second kappa shape index (κ2) is 9.21. The van der Waals surface area contributed by atoms with E-state index in [1.807, 2.05) is 12.1 Å². The first kappa shape index (κ1) is 19.0. The highest BCUT2D eigenvalue weighted by molar-refractivity contribution is 5.92. The smallest absolute Gasteiger partial charge is 0.319 e. The third-order valence-electron chi connectivity index (χ3n) is 5.67. The molecule has 144 valence electrons. The van der Waals surface area contributed by atoms with Gasteiger partial charge in [-0.15, -0.1) is 0 Å². The molecule has 0 radical (unpaired) electrons. The summed E-state index contributed by atoms with van der Waals surface area (Å²) in [7, 11) is 0. The van der Waals surface area contributed by atoms with E-state index in [1.165, 1.54) is 12.8 Å². The molecule has 1 aromatic rings. The highest BCUT2D eigenvalue weighted by Crippen LogP contribution is 2.27. The van der Waals surface area contributed by atoms with Gasteiger partial charge < -0.3 is 20.3 Å². The lowest BCUT2D eigenvalue weighted by Crippen LogP contribution is -2.45. The Balaban J connectivity index is 1.57. The van der Waals surface area contributed by atoms with Crippen LogP contribution in [0.4, 0.5) is 16.3 Å². The number of carbonyl (C=O) groups is 1. The maximum Gasteiger partial charge on any atom is 0.319 e. The van der Waals surface area contributed by atoms with Gasteiger partial charge in [-0.25, -0.2) is 9.78 Å². The van der Waals surface area contributed by atoms with Crippen molar-refractivity contribution in [2.75, 3.05) is 29.9 Å². The van der Waals surface area contributed by atoms with Crippen LogP contribution in [0, 0.1) is 5.92 Å². The number of aromatic nitrogens is 1. The van der Waals surface area contributed by atoms with Gasteiger partial charge >= 0.3 is 6.03 Å². The highest BCUT2D eigenvalue weighted by Gasteiger charge is 2.28. The topological polar surface area (TPSA) is 66.5 Å². The molecule has 3 heterocycles. The first-order valence-corrected chi connectivity index (χ1v) is 10.1. The quantitative estimate of drug-likeness (QED) is 0.810. The Labute approximate surface area is 156 Å². The summed E-state index contributed by atoms with van der Waals surface area (Å²) in [4.78, 5) is 19.3. The fourth-order valence-electron chi connectivity index (χ4n) is 4.12. The predicted molar refractivity (Wildman–Crippen MR) is 105 cm³/mol. The van der Waals surface area contributed by atoms with E-state index in [0.29, 0.717) is 5.92 Å². The van der Waals surface area contributed by atoms with Crippen LogP contribution in [0.15, 0.2) is 18.3 Å². The normalized spacial score (nSPS) is 23.3. The van der Waals surface area contributed by atoms with Gasteiger partial charge in [0.05, 0.1) is 11.8 Å². The van der Waals surface area contributed by atoms with Gasteiger partial charge in [-0.1, -0.05) is 26.7 Å². The molecule has 2 amide bonds. The van der Waals surface area contributed by atoms with Crippen molar-refractivity contribution in [2.24, 2.45) is 5.92 Å². The predicted octanol–water partition coefficient (Wildman–Crippen LogP) is 3.79. The van der Waals surface area contributed by atoms with Crippen LogP contribution in [0.25, 0.3) is 0 Å². The number of carbonyl (C=O) groups excluding carboxylic acids is 1. The number of anilines is 2. The second-order valence-electron chi connectivity index (χ2n) is 7.37. The van der Waals surface area contributed by atoms with Gasteiger partial charge in [0.15, 0.2) is 5.82 Å². The van der Waals surface area contributed by atoms with Gasteiger partial charge in [-0.2, -0.15) is 0 Å². The van der Waals surface area contributed by atoms with Gasteiger partial charge in [0.1, 0.15) is 0 Å². The van der Waals surface area contributed by atoms with E-state index >= 15 is 0 Å². The molecule has 2 unspecified atom stereocenters. The minimum Gasteiger partial charge on any atom is -0.378 e. The molecular weight excluding hydrogens is 328 g/mol. The summed E-state index contributed by atoms with van der Waals surface area (Å²) in [6, 6.07) is 3.82. The van der Waals surface area contributed by atoms with Gasteiger partial charge in [-0.3, -0.25) is 0 Å². The maximum atomic E-state index is 12.6. The highest BCUT2D eigenvalue weighted by atomic mass is 16.5. The number of nitrogens with zero attached hydrogens (tertiary/aromatic N) is 2. The molecule has 2 fully saturated rings. The van der Waals surface area contributed by atoms with E-state index in [1.54, 1.807) is 6.20 Å². The van der Waals surface area contributed by atoms with E-state index < -0.39 is 0 Å². The van der Waals surface area contributed by atoms with Crippen molar-refractivity contribution >= 4 is 17.5 Å². The Kier molecular flexibility index (Phi) is 6.72. The molecule has 0 bridgehead atoms. The Morgan fingerprint density at radius 1 is 1.35 bits per heavy atom. The molecule has 26 heavy (non-hydrogen) atoms. The Morgan fingerprint density at radius 2 is 2.12 bits per heavy atom. The largest absolute Gasteiger partial charge is 0.378 e. The fraction of sp³-hybridized carbons (Fsp3) is 0.700. The molecule has 6 heteroatoms. The van der Waals surface area contributed by atoms with Crippen molar-refractivity contribution in [1.29, 1.82) is 0 Å². The molecule has 2 aliphatic rings. The molecule has 2 atom stereocenters. The van der Waals surface area contributed by atoms with E-state index in [2.05, 4.69) is 34.4 Å². The summed E-state index contributed by atoms with van der Waals surface area (Å²) in [6.07, 6.45) is 8.41. The average Bonchev–Trinajstić information content (AvgIpc) is 3.18. The first-order chi connectivity index (χ1) is 12.7. The standard InChI is InChI=1S/C20H32N4O2/c1-3-15(4-2)18-14-16(9-13-26-18)22-20(25)23-17-8-7-10-21-19(17)24-11-5-6-12-24/h7-8,10,15-16,18H,3-6,9,11-14H2,1-2H3,(H2,22,23,25). The number of ether oxygens (including phenoxy) is 1. The van der Waals surface area contributed by atoms with Crippen molar-refractivity contribution < 1.29 is 9.53 Å². The van der Waals surface area contributed by atoms with E-state index in [0.717, 1.165) is 56.9 Å². The van der Waals surface area contributed by atoms with Crippen molar-refractivity contribution in [3.05, 3.63) is 18.3 Å². The molecule has 2 aliphatic heterocycles. The summed E-state index contributed by atoms with van der Waals surface area (Å²) in [5.41, 5.74) is 0.788. The minimum atomic E-state index is -0.145. The summed E-state index contributed by atoms with van der Waals surface area (Å²) >= 11 is 0. The third-order valence-corrected chi connectivity index (χ3v) is 5.67. The molecule has 2 saturated heterocycles. The van der Waals surface area contributed by atoms with Crippen LogP contribution in [0.5, 0.6) is 0 Å². The number of amides is 2. The van der Waals surface area contributed by atoms with E-state index in [4.69, 9.17) is 4.74 Å². The summed E-state index contributed by atoms with van der Waals surface area (Å²) < 4.78 is 5.95. The second-order valence-corrected chi connectivity index (χ2v) is 7.37. The number of pyridine rings is 1. The lowest BCUT2D eigenvalue weighted by Gasteiger charge is -2.34. The fourth-order valence-corrected chi connectivity index (χ4v) is 4.12. The van der Waals surface area contributed by atoms with Crippen LogP contribution in [0.1, 0.15) is 52.4 Å². The van der Waals surface area contributed by atoms with Crippen LogP contribution in [-0.4, -0.2) is 42.9 Å². The van der Waals surface area contributed by atoms with Gasteiger partial charge in [0, 0.05) is 31.9 Å². The average molecular weight is 361 g/mol. The molecule has 2 N–H and O–H groups in total. The van der Waals surface area contributed by atoms with Crippen LogP contribution < -0.4 is 15.5 Å². The summed E-state index contributed by atoms with van der Waals surface area (Å²) in [6.45, 7) is 7.15. The van der Waals surface area contributed by atoms with E-state index in [9.17, 15) is 4.79 Å². The molecule has 6 nitrogen and oxygen atoms in total. The molecule has 1 aromatic heterocycles. The molecule has 0 saturated carbocycles. The van der Waals surface area contributed by atoms with Crippen molar-refractivity contribution in [2.45, 2.75) is 64.5 Å². The lowest BCUT2D eigenvalue weighted by atomic mass is 9.89. The van der Waals surface area contributed by atoms with Crippen molar-refractivity contribution in [1.82, 2.24) is 10.3 Å². The molecule has 0 spiro atoms. The Bertz CT molecular complexity index is 585. The summed E-state index contributed by atoms with van der Waals surface area (Å²) in [5.74, 6) is 1.45. The van der Waals surface area contributed by atoms with Crippen LogP contribution in [0.2, 0.25) is 0 Å². The Hall–Kier alpha value is -1.82. The van der Waals surface area contributed by atoms with Crippen LogP contribution in [-0.2, 0) is 4.74 Å². The van der Waals surface area contributed by atoms with Gasteiger partial charge in [0.2, 0.25) is 0 Å². The zero-order valence-corrected chi connectivity index (χ0v) is 16.0. The number of nitrogens with one attached hydrogen (secondary N) is 2. The SMILES string of the molecule is CCC(CC)C1CC(NC(=O)Nc2cccnc2N2CCCC2)CCO1. The number of rotatable bonds is 6. The van der Waals surface area contributed by atoms with Crippen molar-refractivity contribution in [3.8, 4) is 0 Å². The van der Waals surface area contributed by atoms with Gasteiger partial charge in [0.25, 0.3) is 0 Å². The minimum absolute atomic E-state index is 0.145. The molecule has 0 aromatic carbocycles. The Morgan fingerprint density at radius 3 is 2.85 bits per heavy atom. The van der Waals surface area contributed by atoms with Crippen molar-refractivity contribution in [3.63, 3.8) is 0 Å². The number of hydrogen-bond donors (Lipinski definition) is 2. The summed E-state index contributed by atoms with van der Waals surface area (Å²) in [5, 5.41) is 6.15.